The number of esters is 1. The number of hydrogen-bond donors (Lipinski definition) is 0. The summed E-state index contributed by atoms with van der Waals surface area (Å²) in [6.07, 6.45) is 1.58. The third-order valence-electron chi connectivity index (χ3n) is 4.18. The SMILES string of the molecule is CN(CC(=O)OC(C)(C)C)C(=O)CSc1nnc(-c2ccco2)n1Cc1ccccc1. The van der Waals surface area contributed by atoms with Crippen LogP contribution in [0.3, 0.4) is 0 Å². The molecule has 0 unspecified atom stereocenters. The lowest BCUT2D eigenvalue weighted by atomic mass is 10.2. The first-order valence-corrected chi connectivity index (χ1v) is 10.8. The van der Waals surface area contributed by atoms with Crippen LogP contribution in [0.5, 0.6) is 0 Å². The molecule has 9 heteroatoms. The summed E-state index contributed by atoms with van der Waals surface area (Å²) >= 11 is 1.27. The first-order chi connectivity index (χ1) is 14.7. The smallest absolute Gasteiger partial charge is 0.326 e. The highest BCUT2D eigenvalue weighted by Crippen LogP contribution is 2.25. The molecule has 0 radical (unpaired) electrons. The fraction of sp³-hybridized carbons (Fsp3) is 0.364. The minimum Gasteiger partial charge on any atom is -0.461 e. The van der Waals surface area contributed by atoms with Gasteiger partial charge in [-0.05, 0) is 38.5 Å². The van der Waals surface area contributed by atoms with Gasteiger partial charge in [0.1, 0.15) is 12.1 Å². The third kappa shape index (κ3) is 6.45. The number of aromatic nitrogens is 3. The van der Waals surface area contributed by atoms with Crippen LogP contribution in [0.25, 0.3) is 11.6 Å². The molecule has 0 fully saturated rings. The fourth-order valence-corrected chi connectivity index (χ4v) is 3.66. The van der Waals surface area contributed by atoms with Gasteiger partial charge in [-0.3, -0.25) is 14.2 Å². The maximum Gasteiger partial charge on any atom is 0.326 e. The summed E-state index contributed by atoms with van der Waals surface area (Å²) in [5.74, 6) is 0.657. The van der Waals surface area contributed by atoms with Crippen molar-refractivity contribution in [1.82, 2.24) is 19.7 Å². The molecule has 8 nitrogen and oxygen atoms in total. The number of benzene rings is 1. The highest BCUT2D eigenvalue weighted by Gasteiger charge is 2.22. The number of carbonyl (C=O) groups excluding carboxylic acids is 2. The summed E-state index contributed by atoms with van der Waals surface area (Å²) in [5.41, 5.74) is 0.483. The van der Waals surface area contributed by atoms with E-state index < -0.39 is 11.6 Å². The van der Waals surface area contributed by atoms with Crippen molar-refractivity contribution in [2.45, 2.75) is 38.1 Å². The minimum atomic E-state index is -0.591. The molecule has 0 aliphatic heterocycles. The molecule has 0 aliphatic carbocycles. The lowest BCUT2D eigenvalue weighted by Gasteiger charge is -2.22. The van der Waals surface area contributed by atoms with E-state index in [1.54, 1.807) is 40.1 Å². The van der Waals surface area contributed by atoms with E-state index in [9.17, 15) is 9.59 Å². The van der Waals surface area contributed by atoms with E-state index >= 15 is 0 Å². The van der Waals surface area contributed by atoms with Gasteiger partial charge in [0.05, 0.1) is 18.6 Å². The first-order valence-electron chi connectivity index (χ1n) is 9.82. The standard InChI is InChI=1S/C22H26N4O4S/c1-22(2,3)30-19(28)14-25(4)18(27)15-31-21-24-23-20(17-11-8-12-29-17)26(21)13-16-9-6-5-7-10-16/h5-12H,13-15H2,1-4H3. The van der Waals surface area contributed by atoms with Crippen LogP contribution in [0, 0.1) is 0 Å². The molecule has 31 heavy (non-hydrogen) atoms. The molecule has 0 aliphatic rings. The summed E-state index contributed by atoms with van der Waals surface area (Å²) in [5, 5.41) is 9.12. The van der Waals surface area contributed by atoms with Crippen molar-refractivity contribution in [3.8, 4) is 11.6 Å². The molecule has 0 bridgehead atoms. The van der Waals surface area contributed by atoms with Gasteiger partial charge in [0.25, 0.3) is 0 Å². The van der Waals surface area contributed by atoms with Crippen molar-refractivity contribution in [2.24, 2.45) is 0 Å². The van der Waals surface area contributed by atoms with Gasteiger partial charge in [-0.15, -0.1) is 10.2 Å². The molecule has 0 N–H and O–H groups in total. The topological polar surface area (TPSA) is 90.5 Å². The number of rotatable bonds is 8. The highest BCUT2D eigenvalue weighted by atomic mass is 32.2. The minimum absolute atomic E-state index is 0.106. The van der Waals surface area contributed by atoms with Crippen molar-refractivity contribution < 1.29 is 18.7 Å². The fourth-order valence-electron chi connectivity index (χ4n) is 2.78. The van der Waals surface area contributed by atoms with Gasteiger partial charge >= 0.3 is 5.97 Å². The Hall–Kier alpha value is -3.07. The van der Waals surface area contributed by atoms with Crippen LogP contribution >= 0.6 is 11.8 Å². The zero-order chi connectivity index (χ0) is 22.4. The zero-order valence-electron chi connectivity index (χ0n) is 18.1. The summed E-state index contributed by atoms with van der Waals surface area (Å²) < 4.78 is 12.7. The summed E-state index contributed by atoms with van der Waals surface area (Å²) in [4.78, 5) is 25.9. The molecule has 2 heterocycles. The normalized spacial score (nSPS) is 11.4. The average molecular weight is 443 g/mol. The number of thioether (sulfide) groups is 1. The number of hydrogen-bond acceptors (Lipinski definition) is 7. The van der Waals surface area contributed by atoms with E-state index in [-0.39, 0.29) is 18.2 Å². The number of nitrogens with zero attached hydrogens (tertiary/aromatic N) is 4. The van der Waals surface area contributed by atoms with E-state index in [2.05, 4.69) is 10.2 Å². The molecule has 1 amide bonds. The molecule has 0 atom stereocenters. The predicted molar refractivity (Wildman–Crippen MR) is 117 cm³/mol. The van der Waals surface area contributed by atoms with Gasteiger partial charge in [0.2, 0.25) is 11.7 Å². The molecule has 0 saturated heterocycles. The van der Waals surface area contributed by atoms with Gasteiger partial charge in [-0.2, -0.15) is 0 Å². The molecule has 3 aromatic rings. The lowest BCUT2D eigenvalue weighted by Crippen LogP contribution is -2.37. The van der Waals surface area contributed by atoms with Crippen LogP contribution in [0.4, 0.5) is 0 Å². The number of amides is 1. The van der Waals surface area contributed by atoms with Gasteiger partial charge in [0, 0.05) is 7.05 Å². The number of ether oxygens (including phenoxy) is 1. The van der Waals surface area contributed by atoms with Gasteiger partial charge in [-0.25, -0.2) is 0 Å². The van der Waals surface area contributed by atoms with Crippen molar-refractivity contribution >= 4 is 23.6 Å². The van der Waals surface area contributed by atoms with Crippen molar-refractivity contribution in [3.05, 3.63) is 54.3 Å². The second-order valence-electron chi connectivity index (χ2n) is 7.98. The maximum atomic E-state index is 12.5. The summed E-state index contributed by atoms with van der Waals surface area (Å²) in [7, 11) is 1.58. The van der Waals surface area contributed by atoms with E-state index in [1.165, 1.54) is 16.7 Å². The van der Waals surface area contributed by atoms with Crippen LogP contribution in [-0.4, -0.2) is 56.5 Å². The Bertz CT molecular complexity index is 1010. The average Bonchev–Trinajstić information content (AvgIpc) is 3.35. The molecule has 3 rings (SSSR count). The van der Waals surface area contributed by atoms with Crippen molar-refractivity contribution in [1.29, 1.82) is 0 Å². The Morgan fingerprint density at radius 3 is 2.52 bits per heavy atom. The van der Waals surface area contributed by atoms with Crippen molar-refractivity contribution in [2.75, 3.05) is 19.3 Å². The Balaban J connectivity index is 1.69. The van der Waals surface area contributed by atoms with E-state index in [4.69, 9.17) is 9.15 Å². The Morgan fingerprint density at radius 2 is 1.87 bits per heavy atom. The molecular formula is C22H26N4O4S. The number of carbonyl (C=O) groups is 2. The van der Waals surface area contributed by atoms with Crippen LogP contribution < -0.4 is 0 Å². The van der Waals surface area contributed by atoms with E-state index in [0.29, 0.717) is 23.3 Å². The molecule has 164 valence electrons. The maximum absolute atomic E-state index is 12.5. The van der Waals surface area contributed by atoms with Crippen LogP contribution in [0.2, 0.25) is 0 Å². The Morgan fingerprint density at radius 1 is 1.13 bits per heavy atom. The third-order valence-corrected chi connectivity index (χ3v) is 5.13. The van der Waals surface area contributed by atoms with Crippen LogP contribution in [0.15, 0.2) is 58.3 Å². The molecule has 0 saturated carbocycles. The van der Waals surface area contributed by atoms with Gasteiger partial charge in [0.15, 0.2) is 10.9 Å². The summed E-state index contributed by atoms with van der Waals surface area (Å²) in [6.45, 7) is 5.80. The highest BCUT2D eigenvalue weighted by molar-refractivity contribution is 7.99. The second-order valence-corrected chi connectivity index (χ2v) is 8.92. The Kier molecular flexibility index (Phi) is 7.17. The zero-order valence-corrected chi connectivity index (χ0v) is 18.9. The van der Waals surface area contributed by atoms with Crippen molar-refractivity contribution in [3.63, 3.8) is 0 Å². The predicted octanol–water partition coefficient (Wildman–Crippen LogP) is 3.48. The second kappa shape index (κ2) is 9.82. The van der Waals surface area contributed by atoms with E-state index in [1.807, 2.05) is 41.0 Å². The quantitative estimate of drug-likeness (QED) is 0.390. The number of furan rings is 1. The lowest BCUT2D eigenvalue weighted by molar-refractivity contribution is -0.157. The van der Waals surface area contributed by atoms with Gasteiger partial charge < -0.3 is 14.1 Å². The molecular weight excluding hydrogens is 416 g/mol. The van der Waals surface area contributed by atoms with Gasteiger partial charge in [-0.1, -0.05) is 42.1 Å². The van der Waals surface area contributed by atoms with Crippen LogP contribution in [0.1, 0.15) is 26.3 Å². The summed E-state index contributed by atoms with van der Waals surface area (Å²) in [6, 6.07) is 13.5. The molecule has 1 aromatic carbocycles. The first kappa shape index (κ1) is 22.6. The molecule has 2 aromatic heterocycles. The van der Waals surface area contributed by atoms with E-state index in [0.717, 1.165) is 5.56 Å². The monoisotopic (exact) mass is 442 g/mol. The Labute approximate surface area is 185 Å². The molecule has 0 spiro atoms. The number of likely N-dealkylation sites (N-methyl/N-ethyl adjacent to an activating group) is 1. The van der Waals surface area contributed by atoms with Crippen LogP contribution in [-0.2, 0) is 20.9 Å². The largest absolute Gasteiger partial charge is 0.461 e.